The summed E-state index contributed by atoms with van der Waals surface area (Å²) < 4.78 is 38.7. The van der Waals surface area contributed by atoms with E-state index in [-0.39, 0.29) is 24.7 Å². The van der Waals surface area contributed by atoms with Crippen LogP contribution < -0.4 is 10.6 Å². The fraction of sp³-hybridized carbons (Fsp3) is 0.263. The molecule has 0 aliphatic heterocycles. The van der Waals surface area contributed by atoms with Gasteiger partial charge in [-0.25, -0.2) is 0 Å². The molecule has 0 saturated heterocycles. The highest BCUT2D eigenvalue weighted by atomic mass is 35.5. The summed E-state index contributed by atoms with van der Waals surface area (Å²) >= 11 is 7.05. The third kappa shape index (κ3) is 6.95. The Labute approximate surface area is 175 Å². The number of benzene rings is 2. The predicted octanol–water partition coefficient (Wildman–Crippen LogP) is 4.59. The first kappa shape index (κ1) is 23.1. The van der Waals surface area contributed by atoms with Gasteiger partial charge < -0.3 is 10.6 Å². The molecule has 0 radical (unpaired) electrons. The Morgan fingerprint density at radius 3 is 2.31 bits per heavy atom. The molecule has 0 atom stereocenters. The number of thioether (sulfide) groups is 1. The van der Waals surface area contributed by atoms with E-state index >= 15 is 0 Å². The zero-order valence-electron chi connectivity index (χ0n) is 15.6. The molecule has 156 valence electrons. The molecule has 0 aliphatic rings. The summed E-state index contributed by atoms with van der Waals surface area (Å²) in [7, 11) is 1.56. The number of anilines is 2. The Bertz CT molecular complexity index is 893. The van der Waals surface area contributed by atoms with E-state index in [0.717, 1.165) is 17.0 Å². The summed E-state index contributed by atoms with van der Waals surface area (Å²) in [4.78, 5) is 26.7. The zero-order chi connectivity index (χ0) is 21.6. The molecule has 0 aromatic heterocycles. The quantitative estimate of drug-likeness (QED) is 0.612. The van der Waals surface area contributed by atoms with Crippen molar-refractivity contribution in [1.29, 1.82) is 0 Å². The number of hydrogen-bond acceptors (Lipinski definition) is 4. The van der Waals surface area contributed by atoms with E-state index in [0.29, 0.717) is 5.69 Å². The van der Waals surface area contributed by atoms with Crippen molar-refractivity contribution in [3.8, 4) is 0 Å². The number of nitrogens with zero attached hydrogens (tertiary/aromatic N) is 1. The van der Waals surface area contributed by atoms with Gasteiger partial charge in [0, 0.05) is 10.6 Å². The minimum atomic E-state index is -4.63. The molecular formula is C19H19ClF3N3O2S. The van der Waals surface area contributed by atoms with Crippen molar-refractivity contribution in [3.63, 3.8) is 0 Å². The first-order valence-corrected chi connectivity index (χ1v) is 9.98. The molecule has 2 aromatic rings. The average molecular weight is 446 g/mol. The van der Waals surface area contributed by atoms with Crippen LogP contribution in [0.3, 0.4) is 0 Å². The standard InChI is InChI=1S/C19H19ClF3N3O2S/c1-26(11-18(28)25-15-5-3-4-6-16(15)29-2)10-17(27)24-12-7-8-14(20)13(9-12)19(21,22)23/h3-9H,10-11H2,1-2H3,(H,24,27)(H,25,28). The number of rotatable bonds is 7. The number of carbonyl (C=O) groups is 2. The molecule has 0 aliphatic carbocycles. The number of carbonyl (C=O) groups excluding carboxylic acids is 2. The molecule has 0 heterocycles. The normalized spacial score (nSPS) is 11.4. The van der Waals surface area contributed by atoms with Gasteiger partial charge in [-0.2, -0.15) is 13.2 Å². The lowest BCUT2D eigenvalue weighted by molar-refractivity contribution is -0.137. The van der Waals surface area contributed by atoms with Gasteiger partial charge in [-0.05, 0) is 43.6 Å². The zero-order valence-corrected chi connectivity index (χ0v) is 17.2. The Kier molecular flexibility index (Phi) is 7.95. The molecule has 5 nitrogen and oxygen atoms in total. The monoisotopic (exact) mass is 445 g/mol. The smallest absolute Gasteiger partial charge is 0.325 e. The van der Waals surface area contributed by atoms with Gasteiger partial charge in [-0.3, -0.25) is 14.5 Å². The second-order valence-electron chi connectivity index (χ2n) is 6.16. The van der Waals surface area contributed by atoms with Crippen LogP contribution in [0.5, 0.6) is 0 Å². The lowest BCUT2D eigenvalue weighted by Gasteiger charge is -2.17. The number of amides is 2. The van der Waals surface area contributed by atoms with Crippen LogP contribution in [0, 0.1) is 0 Å². The fourth-order valence-corrected chi connectivity index (χ4v) is 3.28. The fourth-order valence-electron chi connectivity index (χ4n) is 2.50. The summed E-state index contributed by atoms with van der Waals surface area (Å²) in [6, 6.07) is 10.4. The molecule has 0 unspecified atom stereocenters. The minimum absolute atomic E-state index is 0.0292. The van der Waals surface area contributed by atoms with Crippen molar-refractivity contribution in [2.45, 2.75) is 11.1 Å². The van der Waals surface area contributed by atoms with Crippen LogP contribution in [-0.4, -0.2) is 43.1 Å². The maximum absolute atomic E-state index is 12.9. The molecule has 0 spiro atoms. The highest BCUT2D eigenvalue weighted by molar-refractivity contribution is 7.98. The van der Waals surface area contributed by atoms with Gasteiger partial charge in [-0.1, -0.05) is 23.7 Å². The average Bonchev–Trinajstić information content (AvgIpc) is 2.62. The molecule has 0 saturated carbocycles. The molecule has 2 rings (SSSR count). The van der Waals surface area contributed by atoms with Crippen molar-refractivity contribution in [1.82, 2.24) is 4.90 Å². The van der Waals surface area contributed by atoms with Crippen LogP contribution in [0.25, 0.3) is 0 Å². The van der Waals surface area contributed by atoms with Gasteiger partial charge >= 0.3 is 6.18 Å². The second-order valence-corrected chi connectivity index (χ2v) is 7.42. The SMILES string of the molecule is CSc1ccccc1NC(=O)CN(C)CC(=O)Nc1ccc(Cl)c(C(F)(F)F)c1. The van der Waals surface area contributed by atoms with E-state index in [4.69, 9.17) is 11.6 Å². The van der Waals surface area contributed by atoms with Crippen molar-refractivity contribution in [2.24, 2.45) is 0 Å². The van der Waals surface area contributed by atoms with E-state index in [1.54, 1.807) is 19.2 Å². The second kappa shape index (κ2) is 10.00. The van der Waals surface area contributed by atoms with Gasteiger partial charge in [0.15, 0.2) is 0 Å². The van der Waals surface area contributed by atoms with Crippen LogP contribution in [0.4, 0.5) is 24.5 Å². The van der Waals surface area contributed by atoms with E-state index in [1.165, 1.54) is 22.7 Å². The third-order valence-corrected chi connectivity index (χ3v) is 4.89. The number of hydrogen-bond donors (Lipinski definition) is 2. The molecule has 2 N–H and O–H groups in total. The number of nitrogens with one attached hydrogen (secondary N) is 2. The largest absolute Gasteiger partial charge is 0.417 e. The third-order valence-electron chi connectivity index (χ3n) is 3.76. The number of halogens is 4. The summed E-state index contributed by atoms with van der Waals surface area (Å²) in [5, 5.41) is 4.70. The number of alkyl halides is 3. The topological polar surface area (TPSA) is 61.4 Å². The van der Waals surface area contributed by atoms with Gasteiger partial charge in [0.25, 0.3) is 0 Å². The Balaban J connectivity index is 1.91. The highest BCUT2D eigenvalue weighted by Crippen LogP contribution is 2.36. The van der Waals surface area contributed by atoms with Crippen LogP contribution in [0.2, 0.25) is 5.02 Å². The summed E-state index contributed by atoms with van der Waals surface area (Å²) in [6.45, 7) is -0.244. The van der Waals surface area contributed by atoms with Crippen molar-refractivity contribution >= 4 is 46.6 Å². The van der Waals surface area contributed by atoms with Gasteiger partial charge in [0.2, 0.25) is 11.8 Å². The minimum Gasteiger partial charge on any atom is -0.325 e. The lowest BCUT2D eigenvalue weighted by atomic mass is 10.2. The van der Waals surface area contributed by atoms with Crippen LogP contribution >= 0.6 is 23.4 Å². The summed E-state index contributed by atoms with van der Waals surface area (Å²) in [5.41, 5.74) is -0.390. The summed E-state index contributed by atoms with van der Waals surface area (Å²) in [5.74, 6) is -0.868. The lowest BCUT2D eigenvalue weighted by Crippen LogP contribution is -2.36. The Morgan fingerprint density at radius 1 is 1.07 bits per heavy atom. The molecule has 10 heteroatoms. The van der Waals surface area contributed by atoms with Gasteiger partial charge in [0.1, 0.15) is 0 Å². The van der Waals surface area contributed by atoms with Crippen LogP contribution in [0.1, 0.15) is 5.56 Å². The van der Waals surface area contributed by atoms with Crippen molar-refractivity contribution in [3.05, 3.63) is 53.1 Å². The van der Waals surface area contributed by atoms with Crippen LogP contribution in [0.15, 0.2) is 47.4 Å². The Morgan fingerprint density at radius 2 is 1.69 bits per heavy atom. The van der Waals surface area contributed by atoms with Crippen LogP contribution in [-0.2, 0) is 15.8 Å². The van der Waals surface area contributed by atoms with E-state index in [2.05, 4.69) is 10.6 Å². The number of para-hydroxylation sites is 1. The number of likely N-dealkylation sites (N-methyl/N-ethyl adjacent to an activating group) is 1. The van der Waals surface area contributed by atoms with Gasteiger partial charge in [-0.15, -0.1) is 11.8 Å². The predicted molar refractivity (Wildman–Crippen MR) is 109 cm³/mol. The van der Waals surface area contributed by atoms with Gasteiger partial charge in [0.05, 0.1) is 29.4 Å². The maximum atomic E-state index is 12.9. The van der Waals surface area contributed by atoms with E-state index < -0.39 is 22.7 Å². The molecule has 2 amide bonds. The maximum Gasteiger partial charge on any atom is 0.417 e. The molecular weight excluding hydrogens is 427 g/mol. The first-order chi connectivity index (χ1) is 13.6. The molecule has 2 aromatic carbocycles. The van der Waals surface area contributed by atoms with E-state index in [9.17, 15) is 22.8 Å². The molecule has 0 bridgehead atoms. The molecule has 29 heavy (non-hydrogen) atoms. The van der Waals surface area contributed by atoms with Crippen molar-refractivity contribution < 1.29 is 22.8 Å². The first-order valence-electron chi connectivity index (χ1n) is 8.38. The van der Waals surface area contributed by atoms with E-state index in [1.807, 2.05) is 18.4 Å². The summed E-state index contributed by atoms with van der Waals surface area (Å²) in [6.07, 6.45) is -2.73. The molecule has 0 fully saturated rings. The highest BCUT2D eigenvalue weighted by Gasteiger charge is 2.33. The Hall–Kier alpha value is -2.23. The van der Waals surface area contributed by atoms with Crippen molar-refractivity contribution in [2.75, 3.05) is 37.0 Å².